The van der Waals surface area contributed by atoms with E-state index >= 15 is 0 Å². The highest BCUT2D eigenvalue weighted by Gasteiger charge is 2.15. The number of hydrazone groups is 1. The maximum atomic E-state index is 10.7. The van der Waals surface area contributed by atoms with Crippen LogP contribution >= 0.6 is 0 Å². The molecule has 1 rings (SSSR count). The molecular weight excluding hydrogens is 242 g/mol. The highest BCUT2D eigenvalue weighted by Crippen LogP contribution is 2.24. The van der Waals surface area contributed by atoms with E-state index < -0.39 is 6.03 Å². The molecule has 0 aromatic heterocycles. The van der Waals surface area contributed by atoms with Gasteiger partial charge in [-0.1, -0.05) is 26.0 Å². The number of nitrogens with one attached hydrogen (secondary N) is 1. The van der Waals surface area contributed by atoms with Crippen LogP contribution in [0.15, 0.2) is 29.4 Å². The van der Waals surface area contributed by atoms with Gasteiger partial charge in [-0.25, -0.2) is 10.2 Å². The molecular formula is C14H21N3O2. The topological polar surface area (TPSA) is 76.7 Å². The summed E-state index contributed by atoms with van der Waals surface area (Å²) in [4.78, 5) is 10.7. The van der Waals surface area contributed by atoms with E-state index in [0.29, 0.717) is 0 Å². The number of urea groups is 1. The summed E-state index contributed by atoms with van der Waals surface area (Å²) in [5.41, 5.74) is 9.40. The Morgan fingerprint density at radius 3 is 2.42 bits per heavy atom. The lowest BCUT2D eigenvalue weighted by Gasteiger charge is -2.17. The van der Waals surface area contributed by atoms with Crippen molar-refractivity contribution in [3.05, 3.63) is 29.8 Å². The number of carbonyl (C=O) groups is 1. The van der Waals surface area contributed by atoms with Gasteiger partial charge in [0.2, 0.25) is 0 Å². The number of amides is 2. The van der Waals surface area contributed by atoms with Crippen molar-refractivity contribution in [2.75, 3.05) is 7.11 Å². The second-order valence-corrected chi connectivity index (χ2v) is 4.17. The molecule has 0 aliphatic carbocycles. The number of hydrogen-bond donors (Lipinski definition) is 2. The molecule has 0 heterocycles. The maximum Gasteiger partial charge on any atom is 0.332 e. The number of primary amides is 1. The molecule has 0 aliphatic rings. The Morgan fingerprint density at radius 1 is 1.37 bits per heavy atom. The van der Waals surface area contributed by atoms with E-state index in [9.17, 15) is 4.79 Å². The molecule has 5 heteroatoms. The molecule has 0 aliphatic heterocycles. The molecule has 104 valence electrons. The summed E-state index contributed by atoms with van der Waals surface area (Å²) in [6, 6.07) is 7.24. The highest BCUT2D eigenvalue weighted by molar-refractivity contribution is 5.91. The molecule has 0 unspecified atom stereocenters. The molecule has 1 aromatic carbocycles. The van der Waals surface area contributed by atoms with Gasteiger partial charge in [0, 0.05) is 11.6 Å². The van der Waals surface area contributed by atoms with E-state index in [1.807, 2.05) is 31.2 Å². The Labute approximate surface area is 113 Å². The van der Waals surface area contributed by atoms with Gasteiger partial charge < -0.3 is 10.5 Å². The summed E-state index contributed by atoms with van der Waals surface area (Å²) in [7, 11) is 1.64. The van der Waals surface area contributed by atoms with E-state index in [1.54, 1.807) is 7.11 Å². The summed E-state index contributed by atoms with van der Waals surface area (Å²) >= 11 is 0. The third-order valence-corrected chi connectivity index (χ3v) is 3.00. The molecule has 19 heavy (non-hydrogen) atoms. The molecule has 5 nitrogen and oxygen atoms in total. The van der Waals surface area contributed by atoms with Gasteiger partial charge >= 0.3 is 6.03 Å². The second kappa shape index (κ2) is 7.41. The summed E-state index contributed by atoms with van der Waals surface area (Å²) in [6.07, 6.45) is 1.66. The highest BCUT2D eigenvalue weighted by atomic mass is 16.5. The number of rotatable bonds is 6. The number of hydrogen-bond acceptors (Lipinski definition) is 3. The maximum absolute atomic E-state index is 10.7. The minimum absolute atomic E-state index is 0.169. The monoisotopic (exact) mass is 263 g/mol. The van der Waals surface area contributed by atoms with Crippen LogP contribution in [0, 0.1) is 0 Å². The number of nitrogens with two attached hydrogens (primary N) is 1. The summed E-state index contributed by atoms with van der Waals surface area (Å²) < 4.78 is 5.14. The number of nitrogens with zero attached hydrogens (tertiary/aromatic N) is 1. The van der Waals surface area contributed by atoms with Crippen molar-refractivity contribution in [3.8, 4) is 5.75 Å². The van der Waals surface area contributed by atoms with Crippen molar-refractivity contribution < 1.29 is 9.53 Å². The SMILES string of the molecule is CCC(=NNC(N)=O)[C@H](CC)c1ccc(OC)cc1. The van der Waals surface area contributed by atoms with Crippen molar-refractivity contribution >= 4 is 11.7 Å². The lowest BCUT2D eigenvalue weighted by molar-refractivity contribution is 0.249. The molecule has 3 N–H and O–H groups in total. The standard InChI is InChI=1S/C14H21N3O2/c1-4-12(13(5-2)16-17-14(15)18)10-6-8-11(19-3)9-7-10/h6-9,12H,4-5H2,1-3H3,(H3,15,17,18)/t12-/m1/s1. The molecule has 0 radical (unpaired) electrons. The fourth-order valence-electron chi connectivity index (χ4n) is 2.03. The Kier molecular flexibility index (Phi) is 5.85. The molecule has 0 bridgehead atoms. The van der Waals surface area contributed by atoms with E-state index in [1.165, 1.54) is 0 Å². The zero-order valence-corrected chi connectivity index (χ0v) is 11.6. The predicted molar refractivity (Wildman–Crippen MR) is 76.5 cm³/mol. The quantitative estimate of drug-likeness (QED) is 0.611. The first-order valence-corrected chi connectivity index (χ1v) is 6.38. The van der Waals surface area contributed by atoms with Gasteiger partial charge in [0.1, 0.15) is 5.75 Å². The van der Waals surface area contributed by atoms with Crippen LogP contribution in [0.2, 0.25) is 0 Å². The van der Waals surface area contributed by atoms with Crippen molar-refractivity contribution in [2.45, 2.75) is 32.6 Å². The number of methoxy groups -OCH3 is 1. The second-order valence-electron chi connectivity index (χ2n) is 4.17. The van der Waals surface area contributed by atoms with Gasteiger partial charge in [-0.15, -0.1) is 0 Å². The smallest absolute Gasteiger partial charge is 0.332 e. The van der Waals surface area contributed by atoms with Crippen LogP contribution in [0.5, 0.6) is 5.75 Å². The molecule has 0 saturated carbocycles. The van der Waals surface area contributed by atoms with Gasteiger partial charge in [0.15, 0.2) is 0 Å². The number of ether oxygens (including phenoxy) is 1. The van der Waals surface area contributed by atoms with E-state index in [0.717, 1.165) is 29.9 Å². The van der Waals surface area contributed by atoms with Crippen LogP contribution in [-0.4, -0.2) is 18.9 Å². The lowest BCUT2D eigenvalue weighted by atomic mass is 9.90. The Bertz CT molecular complexity index is 441. The predicted octanol–water partition coefficient (Wildman–Crippen LogP) is 2.62. The zero-order valence-electron chi connectivity index (χ0n) is 11.6. The van der Waals surface area contributed by atoms with Crippen LogP contribution in [0.1, 0.15) is 38.2 Å². The van der Waals surface area contributed by atoms with Crippen LogP contribution in [-0.2, 0) is 0 Å². The Morgan fingerprint density at radius 2 is 2.00 bits per heavy atom. The van der Waals surface area contributed by atoms with Gasteiger partial charge in [0.05, 0.1) is 7.11 Å². The first-order chi connectivity index (χ1) is 9.12. The number of carbonyl (C=O) groups excluding carboxylic acids is 1. The average molecular weight is 263 g/mol. The lowest BCUT2D eigenvalue weighted by Crippen LogP contribution is -2.27. The van der Waals surface area contributed by atoms with Crippen molar-refractivity contribution in [1.82, 2.24) is 5.43 Å². The first kappa shape index (κ1) is 15.0. The van der Waals surface area contributed by atoms with Gasteiger partial charge in [0.25, 0.3) is 0 Å². The third kappa shape index (κ3) is 4.28. The van der Waals surface area contributed by atoms with Gasteiger partial charge in [-0.05, 0) is 30.5 Å². The molecule has 0 saturated heterocycles. The summed E-state index contributed by atoms with van der Waals surface area (Å²) in [5.74, 6) is 0.992. The van der Waals surface area contributed by atoms with E-state index in [4.69, 9.17) is 10.5 Å². The first-order valence-electron chi connectivity index (χ1n) is 6.38. The van der Waals surface area contributed by atoms with Gasteiger partial charge in [-0.2, -0.15) is 5.10 Å². The third-order valence-electron chi connectivity index (χ3n) is 3.00. The van der Waals surface area contributed by atoms with E-state index in [2.05, 4.69) is 17.5 Å². The fraction of sp³-hybridized carbons (Fsp3) is 0.429. The molecule has 1 atom stereocenters. The number of benzene rings is 1. The van der Waals surface area contributed by atoms with Crippen molar-refractivity contribution in [3.63, 3.8) is 0 Å². The van der Waals surface area contributed by atoms with Crippen molar-refractivity contribution in [2.24, 2.45) is 10.8 Å². The minimum atomic E-state index is -0.643. The Hall–Kier alpha value is -2.04. The zero-order chi connectivity index (χ0) is 14.3. The average Bonchev–Trinajstić information content (AvgIpc) is 2.43. The van der Waals surface area contributed by atoms with Crippen LogP contribution in [0.4, 0.5) is 4.79 Å². The minimum Gasteiger partial charge on any atom is -0.497 e. The van der Waals surface area contributed by atoms with Crippen molar-refractivity contribution in [1.29, 1.82) is 0 Å². The summed E-state index contributed by atoms with van der Waals surface area (Å²) in [6.45, 7) is 4.10. The molecule has 0 fully saturated rings. The largest absolute Gasteiger partial charge is 0.497 e. The molecule has 1 aromatic rings. The summed E-state index contributed by atoms with van der Waals surface area (Å²) in [5, 5.41) is 4.09. The normalized spacial score (nSPS) is 12.9. The van der Waals surface area contributed by atoms with Crippen LogP contribution in [0.3, 0.4) is 0 Å². The molecule has 2 amide bonds. The fourth-order valence-corrected chi connectivity index (χ4v) is 2.03. The Balaban J connectivity index is 2.95. The van der Waals surface area contributed by atoms with Crippen LogP contribution in [0.25, 0.3) is 0 Å². The molecule has 0 spiro atoms. The van der Waals surface area contributed by atoms with Crippen LogP contribution < -0.4 is 15.9 Å². The van der Waals surface area contributed by atoms with Gasteiger partial charge in [-0.3, -0.25) is 0 Å². The van der Waals surface area contributed by atoms with E-state index in [-0.39, 0.29) is 5.92 Å².